The summed E-state index contributed by atoms with van der Waals surface area (Å²) in [6.07, 6.45) is 1.17. The van der Waals surface area contributed by atoms with E-state index in [9.17, 15) is 4.79 Å². The molecule has 1 aliphatic rings. The standard InChI is InChI=1S/C13H17ClN2O/c1-13(2)6-8(13)7-16-12(17)10-4-3-9(15)5-11(10)14/h3-5,8H,6-7,15H2,1-2H3,(H,16,17). The number of nitrogen functional groups attached to an aromatic ring is 1. The molecule has 4 heteroatoms. The van der Waals surface area contributed by atoms with E-state index in [1.54, 1.807) is 18.2 Å². The molecule has 17 heavy (non-hydrogen) atoms. The summed E-state index contributed by atoms with van der Waals surface area (Å²) in [5.74, 6) is 0.455. The molecule has 0 spiro atoms. The van der Waals surface area contributed by atoms with Gasteiger partial charge in [-0.3, -0.25) is 4.79 Å². The Labute approximate surface area is 106 Å². The number of halogens is 1. The van der Waals surface area contributed by atoms with Crippen molar-refractivity contribution in [3.05, 3.63) is 28.8 Å². The molecule has 0 bridgehead atoms. The fourth-order valence-corrected chi connectivity index (χ4v) is 2.23. The summed E-state index contributed by atoms with van der Waals surface area (Å²) in [7, 11) is 0. The van der Waals surface area contributed by atoms with Gasteiger partial charge in [0.25, 0.3) is 5.91 Å². The minimum absolute atomic E-state index is 0.127. The maximum Gasteiger partial charge on any atom is 0.252 e. The Kier molecular flexibility index (Phi) is 3.04. The van der Waals surface area contributed by atoms with Gasteiger partial charge in [-0.2, -0.15) is 0 Å². The Hall–Kier alpha value is -1.22. The number of rotatable bonds is 3. The zero-order valence-corrected chi connectivity index (χ0v) is 10.8. The van der Waals surface area contributed by atoms with Crippen molar-refractivity contribution >= 4 is 23.2 Å². The summed E-state index contributed by atoms with van der Waals surface area (Å²) < 4.78 is 0. The third kappa shape index (κ3) is 2.72. The van der Waals surface area contributed by atoms with E-state index in [2.05, 4.69) is 19.2 Å². The van der Waals surface area contributed by atoms with E-state index >= 15 is 0 Å². The second-order valence-corrected chi connectivity index (χ2v) is 5.75. The summed E-state index contributed by atoms with van der Waals surface area (Å²) >= 11 is 5.97. The van der Waals surface area contributed by atoms with Crippen LogP contribution in [-0.2, 0) is 0 Å². The molecule has 3 nitrogen and oxygen atoms in total. The number of carbonyl (C=O) groups is 1. The summed E-state index contributed by atoms with van der Waals surface area (Å²) in [5.41, 5.74) is 7.00. The van der Waals surface area contributed by atoms with Crippen molar-refractivity contribution in [2.45, 2.75) is 20.3 Å². The van der Waals surface area contributed by atoms with Crippen molar-refractivity contribution in [3.8, 4) is 0 Å². The highest BCUT2D eigenvalue weighted by Gasteiger charge is 2.45. The van der Waals surface area contributed by atoms with E-state index in [-0.39, 0.29) is 5.91 Å². The van der Waals surface area contributed by atoms with Gasteiger partial charge >= 0.3 is 0 Å². The van der Waals surface area contributed by atoms with E-state index in [1.165, 1.54) is 6.42 Å². The molecule has 0 heterocycles. The van der Waals surface area contributed by atoms with Crippen LogP contribution in [0.2, 0.25) is 5.02 Å². The Bertz CT molecular complexity index is 457. The van der Waals surface area contributed by atoms with E-state index in [1.807, 2.05) is 0 Å². The summed E-state index contributed by atoms with van der Waals surface area (Å²) in [6.45, 7) is 5.13. The van der Waals surface area contributed by atoms with Gasteiger partial charge in [0.1, 0.15) is 0 Å². The second-order valence-electron chi connectivity index (χ2n) is 5.34. The Morgan fingerprint density at radius 2 is 2.24 bits per heavy atom. The van der Waals surface area contributed by atoms with Crippen LogP contribution in [0.15, 0.2) is 18.2 Å². The van der Waals surface area contributed by atoms with Crippen molar-refractivity contribution in [1.29, 1.82) is 0 Å². The highest BCUT2D eigenvalue weighted by molar-refractivity contribution is 6.34. The van der Waals surface area contributed by atoms with Crippen LogP contribution in [-0.4, -0.2) is 12.5 Å². The van der Waals surface area contributed by atoms with Crippen LogP contribution in [0.25, 0.3) is 0 Å². The van der Waals surface area contributed by atoms with Crippen LogP contribution in [0.3, 0.4) is 0 Å². The lowest BCUT2D eigenvalue weighted by Crippen LogP contribution is -2.26. The molecule has 1 amide bonds. The van der Waals surface area contributed by atoms with Crippen LogP contribution in [0.1, 0.15) is 30.6 Å². The first-order valence-electron chi connectivity index (χ1n) is 5.73. The lowest BCUT2D eigenvalue weighted by atomic mass is 10.1. The lowest BCUT2D eigenvalue weighted by molar-refractivity contribution is 0.0951. The topological polar surface area (TPSA) is 55.1 Å². The second kappa shape index (κ2) is 4.22. The van der Waals surface area contributed by atoms with Crippen molar-refractivity contribution in [2.24, 2.45) is 11.3 Å². The molecular formula is C13H17ClN2O. The third-order valence-corrected chi connectivity index (χ3v) is 3.78. The molecule has 3 N–H and O–H groups in total. The predicted molar refractivity (Wildman–Crippen MR) is 70.1 cm³/mol. The number of amides is 1. The SMILES string of the molecule is CC1(C)CC1CNC(=O)c1ccc(N)cc1Cl. The van der Waals surface area contributed by atoms with Gasteiger partial charge in [0, 0.05) is 12.2 Å². The minimum Gasteiger partial charge on any atom is -0.399 e. The fraction of sp³-hybridized carbons (Fsp3) is 0.462. The van der Waals surface area contributed by atoms with Gasteiger partial charge in [-0.15, -0.1) is 0 Å². The molecule has 0 aromatic heterocycles. The molecule has 1 unspecified atom stereocenters. The number of hydrogen-bond acceptors (Lipinski definition) is 2. The first-order valence-corrected chi connectivity index (χ1v) is 6.11. The minimum atomic E-state index is -0.127. The van der Waals surface area contributed by atoms with E-state index in [0.29, 0.717) is 34.2 Å². The van der Waals surface area contributed by atoms with Crippen LogP contribution in [0, 0.1) is 11.3 Å². The zero-order chi connectivity index (χ0) is 12.6. The summed E-state index contributed by atoms with van der Waals surface area (Å²) in [4.78, 5) is 11.9. The van der Waals surface area contributed by atoms with Gasteiger partial charge in [0.05, 0.1) is 10.6 Å². The van der Waals surface area contributed by atoms with Crippen LogP contribution >= 0.6 is 11.6 Å². The molecule has 1 aromatic carbocycles. The fourth-order valence-electron chi connectivity index (χ4n) is 1.95. The predicted octanol–water partition coefficient (Wildman–Crippen LogP) is 2.70. The number of hydrogen-bond donors (Lipinski definition) is 2. The smallest absolute Gasteiger partial charge is 0.252 e. The van der Waals surface area contributed by atoms with Gasteiger partial charge in [-0.05, 0) is 36.0 Å². The number of nitrogens with one attached hydrogen (secondary N) is 1. The quantitative estimate of drug-likeness (QED) is 0.813. The van der Waals surface area contributed by atoms with E-state index in [4.69, 9.17) is 17.3 Å². The van der Waals surface area contributed by atoms with Gasteiger partial charge in [-0.1, -0.05) is 25.4 Å². The van der Waals surface area contributed by atoms with Crippen molar-refractivity contribution < 1.29 is 4.79 Å². The molecule has 0 saturated heterocycles. The average molecular weight is 253 g/mol. The van der Waals surface area contributed by atoms with Gasteiger partial charge < -0.3 is 11.1 Å². The molecule has 1 aromatic rings. The molecule has 0 aliphatic heterocycles. The Morgan fingerprint density at radius 3 is 2.76 bits per heavy atom. The highest BCUT2D eigenvalue weighted by Crippen LogP contribution is 2.50. The highest BCUT2D eigenvalue weighted by atomic mass is 35.5. The zero-order valence-electron chi connectivity index (χ0n) is 10.1. The van der Waals surface area contributed by atoms with Gasteiger partial charge in [0.2, 0.25) is 0 Å². The van der Waals surface area contributed by atoms with Crippen LogP contribution in [0.4, 0.5) is 5.69 Å². The number of carbonyl (C=O) groups excluding carboxylic acids is 1. The summed E-state index contributed by atoms with van der Waals surface area (Å²) in [5, 5.41) is 3.31. The molecular weight excluding hydrogens is 236 g/mol. The maximum absolute atomic E-state index is 11.9. The van der Waals surface area contributed by atoms with Crippen molar-refractivity contribution in [3.63, 3.8) is 0 Å². The Balaban J connectivity index is 1.96. The molecule has 2 rings (SSSR count). The van der Waals surface area contributed by atoms with Gasteiger partial charge in [0.15, 0.2) is 0 Å². The van der Waals surface area contributed by atoms with Crippen molar-refractivity contribution in [2.75, 3.05) is 12.3 Å². The van der Waals surface area contributed by atoms with E-state index < -0.39 is 0 Å². The van der Waals surface area contributed by atoms with Gasteiger partial charge in [-0.25, -0.2) is 0 Å². The van der Waals surface area contributed by atoms with Crippen LogP contribution in [0.5, 0.6) is 0 Å². The number of benzene rings is 1. The Morgan fingerprint density at radius 1 is 1.59 bits per heavy atom. The average Bonchev–Trinajstić information content (AvgIpc) is 2.83. The largest absolute Gasteiger partial charge is 0.399 e. The summed E-state index contributed by atoms with van der Waals surface area (Å²) in [6, 6.07) is 4.93. The van der Waals surface area contributed by atoms with Crippen LogP contribution < -0.4 is 11.1 Å². The normalized spacial score (nSPS) is 21.0. The molecule has 92 valence electrons. The van der Waals surface area contributed by atoms with E-state index in [0.717, 1.165) is 0 Å². The monoisotopic (exact) mass is 252 g/mol. The molecule has 1 atom stereocenters. The molecule has 1 fully saturated rings. The first-order chi connectivity index (χ1) is 7.90. The third-order valence-electron chi connectivity index (χ3n) is 3.46. The maximum atomic E-state index is 11.9. The molecule has 1 saturated carbocycles. The number of nitrogens with two attached hydrogens (primary N) is 1. The molecule has 0 radical (unpaired) electrons. The van der Waals surface area contributed by atoms with Crippen molar-refractivity contribution in [1.82, 2.24) is 5.32 Å². The first kappa shape index (κ1) is 12.2. The lowest BCUT2D eigenvalue weighted by Gasteiger charge is -2.08. The number of anilines is 1. The molecule has 1 aliphatic carbocycles.